The Balaban J connectivity index is 1.35. The Morgan fingerprint density at radius 1 is 0.974 bits per heavy atom. The number of anilines is 1. The van der Waals surface area contributed by atoms with E-state index in [0.717, 1.165) is 40.8 Å². The molecule has 3 heterocycles. The van der Waals surface area contributed by atoms with Gasteiger partial charge in [-0.15, -0.1) is 0 Å². The van der Waals surface area contributed by atoms with Crippen LogP contribution in [-0.2, 0) is 11.3 Å². The second-order valence-electron chi connectivity index (χ2n) is 10.1. The lowest BCUT2D eigenvalue weighted by Gasteiger charge is -2.35. The number of rotatable bonds is 7. The van der Waals surface area contributed by atoms with Crippen molar-refractivity contribution in [2.45, 2.75) is 38.5 Å². The molecule has 2 aliphatic rings. The fraction of sp³-hybridized carbons (Fsp3) is 0.367. The predicted molar refractivity (Wildman–Crippen MR) is 145 cm³/mol. The number of hydrogen-bond acceptors (Lipinski definition) is 5. The van der Waals surface area contributed by atoms with Gasteiger partial charge in [0.15, 0.2) is 0 Å². The molecular formula is C30H32FN3O4. The van der Waals surface area contributed by atoms with Gasteiger partial charge in [-0.2, -0.15) is 0 Å². The van der Waals surface area contributed by atoms with Gasteiger partial charge in [0.25, 0.3) is 0 Å². The smallest absolute Gasteiger partial charge is 0.329 e. The van der Waals surface area contributed by atoms with Crippen molar-refractivity contribution in [3.05, 3.63) is 88.1 Å². The van der Waals surface area contributed by atoms with Crippen molar-refractivity contribution in [1.82, 2.24) is 9.13 Å². The second kappa shape index (κ2) is 10.2. The normalized spacial score (nSPS) is 16.6. The lowest BCUT2D eigenvalue weighted by Crippen LogP contribution is -2.39. The minimum atomic E-state index is -0.198. The molecule has 0 spiro atoms. The van der Waals surface area contributed by atoms with Crippen LogP contribution < -0.4 is 20.1 Å². The zero-order chi connectivity index (χ0) is 26.2. The number of para-hydroxylation sites is 3. The molecule has 0 N–H and O–H groups in total. The van der Waals surface area contributed by atoms with Crippen LogP contribution in [0.5, 0.6) is 11.5 Å². The van der Waals surface area contributed by atoms with Crippen molar-refractivity contribution in [3.63, 3.8) is 0 Å². The van der Waals surface area contributed by atoms with E-state index in [0.29, 0.717) is 44.3 Å². The van der Waals surface area contributed by atoms with Crippen molar-refractivity contribution in [2.24, 2.45) is 0 Å². The summed E-state index contributed by atoms with van der Waals surface area (Å²) in [6.07, 6.45) is 1.52. The van der Waals surface area contributed by atoms with Crippen LogP contribution in [0.1, 0.15) is 30.0 Å². The summed E-state index contributed by atoms with van der Waals surface area (Å²) in [5.74, 6) is 1.22. The molecule has 7 nitrogen and oxygen atoms in total. The molecule has 1 aromatic heterocycles. The molecule has 0 amide bonds. The summed E-state index contributed by atoms with van der Waals surface area (Å²) in [6, 6.07) is 18.8. The summed E-state index contributed by atoms with van der Waals surface area (Å²) < 4.78 is 35.5. The van der Waals surface area contributed by atoms with Crippen LogP contribution in [0.4, 0.5) is 10.1 Å². The summed E-state index contributed by atoms with van der Waals surface area (Å²) in [5.41, 5.74) is 4.06. The van der Waals surface area contributed by atoms with E-state index in [2.05, 4.69) is 4.90 Å². The van der Waals surface area contributed by atoms with Gasteiger partial charge in [-0.1, -0.05) is 36.4 Å². The number of nitrogens with zero attached hydrogens (tertiary/aromatic N) is 3. The zero-order valence-corrected chi connectivity index (χ0v) is 21.7. The maximum absolute atomic E-state index is 14.6. The van der Waals surface area contributed by atoms with Gasteiger partial charge in [0.05, 0.1) is 38.1 Å². The van der Waals surface area contributed by atoms with E-state index in [9.17, 15) is 9.18 Å². The van der Waals surface area contributed by atoms with Crippen LogP contribution in [0.25, 0.3) is 11.0 Å². The van der Waals surface area contributed by atoms with Crippen molar-refractivity contribution < 1.29 is 18.6 Å². The van der Waals surface area contributed by atoms with Crippen LogP contribution in [0.3, 0.4) is 0 Å². The highest BCUT2D eigenvalue weighted by Crippen LogP contribution is 2.34. The highest BCUT2D eigenvalue weighted by atomic mass is 19.1. The molecule has 2 fully saturated rings. The molecule has 0 unspecified atom stereocenters. The van der Waals surface area contributed by atoms with E-state index in [-0.39, 0.29) is 23.7 Å². The van der Waals surface area contributed by atoms with E-state index in [1.54, 1.807) is 17.7 Å². The highest BCUT2D eigenvalue weighted by Gasteiger charge is 2.28. The predicted octanol–water partition coefficient (Wildman–Crippen LogP) is 4.93. The number of benzene rings is 3. The van der Waals surface area contributed by atoms with Crippen LogP contribution in [0.15, 0.2) is 65.5 Å². The maximum atomic E-state index is 14.6. The summed E-state index contributed by atoms with van der Waals surface area (Å²) in [6.45, 7) is 4.80. The first-order chi connectivity index (χ1) is 18.5. The summed E-state index contributed by atoms with van der Waals surface area (Å²) in [4.78, 5) is 16.2. The molecule has 0 bridgehead atoms. The number of methoxy groups -OCH3 is 1. The van der Waals surface area contributed by atoms with E-state index < -0.39 is 0 Å². The molecule has 4 aromatic rings. The van der Waals surface area contributed by atoms with Crippen LogP contribution in [0.2, 0.25) is 0 Å². The molecule has 198 valence electrons. The fourth-order valence-corrected chi connectivity index (χ4v) is 5.72. The third kappa shape index (κ3) is 4.32. The number of aromatic nitrogens is 2. The van der Waals surface area contributed by atoms with E-state index in [1.165, 1.54) is 6.07 Å². The first-order valence-corrected chi connectivity index (χ1v) is 13.1. The van der Waals surface area contributed by atoms with Gasteiger partial charge in [-0.05, 0) is 49.6 Å². The minimum Gasteiger partial charge on any atom is -0.494 e. The average Bonchev–Trinajstić information content (AvgIpc) is 3.18. The lowest BCUT2D eigenvalue weighted by molar-refractivity contribution is -0.0800. The molecule has 38 heavy (non-hydrogen) atoms. The molecule has 2 aliphatic heterocycles. The lowest BCUT2D eigenvalue weighted by atomic mass is 10.0. The third-order valence-corrected chi connectivity index (χ3v) is 7.70. The Hall–Kier alpha value is -3.78. The third-order valence-electron chi connectivity index (χ3n) is 7.70. The van der Waals surface area contributed by atoms with Gasteiger partial charge in [-0.25, -0.2) is 9.18 Å². The molecule has 0 saturated carbocycles. The Morgan fingerprint density at radius 2 is 1.71 bits per heavy atom. The summed E-state index contributed by atoms with van der Waals surface area (Å²) >= 11 is 0. The van der Waals surface area contributed by atoms with E-state index in [4.69, 9.17) is 14.2 Å². The van der Waals surface area contributed by atoms with E-state index >= 15 is 0 Å². The maximum Gasteiger partial charge on any atom is 0.329 e. The summed E-state index contributed by atoms with van der Waals surface area (Å²) in [5, 5.41) is 0. The molecule has 3 aromatic carbocycles. The topological polar surface area (TPSA) is 57.9 Å². The molecular weight excluding hydrogens is 485 g/mol. The number of fused-ring (bicyclic) bond motifs is 1. The number of hydrogen-bond donors (Lipinski definition) is 0. The average molecular weight is 518 g/mol. The molecule has 0 radical (unpaired) electrons. The number of aryl methyl sites for hydroxylation is 1. The molecule has 0 aliphatic carbocycles. The minimum absolute atomic E-state index is 0.000282. The second-order valence-corrected chi connectivity index (χ2v) is 10.1. The zero-order valence-electron chi connectivity index (χ0n) is 21.7. The first-order valence-electron chi connectivity index (χ1n) is 13.1. The van der Waals surface area contributed by atoms with Crippen molar-refractivity contribution >= 4 is 16.7 Å². The Kier molecular flexibility index (Phi) is 6.57. The van der Waals surface area contributed by atoms with Crippen molar-refractivity contribution in [2.75, 3.05) is 38.3 Å². The van der Waals surface area contributed by atoms with Crippen molar-refractivity contribution in [1.29, 1.82) is 0 Å². The molecule has 6 rings (SSSR count). The molecule has 8 heteroatoms. The first kappa shape index (κ1) is 24.6. The van der Waals surface area contributed by atoms with Crippen LogP contribution >= 0.6 is 0 Å². The SMILES string of the molecule is COc1cccc2c1n(Cc1ccccc1OC1COC1)c(=O)n2C1CCN(c2c(C)cccc2F)CC1. The van der Waals surface area contributed by atoms with Gasteiger partial charge in [0.1, 0.15) is 28.9 Å². The number of ether oxygens (including phenoxy) is 3. The molecule has 2 saturated heterocycles. The summed E-state index contributed by atoms with van der Waals surface area (Å²) in [7, 11) is 1.63. The Morgan fingerprint density at radius 3 is 2.42 bits per heavy atom. The quantitative estimate of drug-likeness (QED) is 0.348. The Labute approximate surface area is 221 Å². The van der Waals surface area contributed by atoms with Crippen LogP contribution in [-0.4, -0.2) is 48.7 Å². The monoisotopic (exact) mass is 517 g/mol. The number of imidazole rings is 1. The van der Waals surface area contributed by atoms with Crippen LogP contribution in [0, 0.1) is 12.7 Å². The number of piperidine rings is 1. The largest absolute Gasteiger partial charge is 0.494 e. The highest BCUT2D eigenvalue weighted by molar-refractivity contribution is 5.83. The van der Waals surface area contributed by atoms with E-state index in [1.807, 2.05) is 60.0 Å². The van der Waals surface area contributed by atoms with Gasteiger partial charge in [-0.3, -0.25) is 9.13 Å². The van der Waals surface area contributed by atoms with Gasteiger partial charge in [0.2, 0.25) is 0 Å². The van der Waals surface area contributed by atoms with Gasteiger partial charge >= 0.3 is 5.69 Å². The van der Waals surface area contributed by atoms with Gasteiger partial charge in [0, 0.05) is 24.7 Å². The van der Waals surface area contributed by atoms with Crippen molar-refractivity contribution in [3.8, 4) is 11.5 Å². The Bertz CT molecular complexity index is 1500. The standard InChI is InChI=1S/C30H32FN3O4/c1-20-7-5-9-24(31)28(20)32-15-13-22(14-16-32)34-25-10-6-12-27(36-2)29(25)33(30(34)35)17-21-8-3-4-11-26(21)38-23-18-37-19-23/h3-12,22-23H,13-19H2,1-2H3. The van der Waals surface area contributed by atoms with Gasteiger partial charge < -0.3 is 19.1 Å². The molecule has 0 atom stereocenters. The number of halogens is 1. The fourth-order valence-electron chi connectivity index (χ4n) is 5.72.